The van der Waals surface area contributed by atoms with Gasteiger partial charge in [-0.15, -0.1) is 0 Å². The summed E-state index contributed by atoms with van der Waals surface area (Å²) in [5.41, 5.74) is 4.30. The van der Waals surface area contributed by atoms with Crippen molar-refractivity contribution in [2.75, 3.05) is 11.9 Å². The molecule has 0 aliphatic heterocycles. The molecule has 0 aromatic heterocycles. The van der Waals surface area contributed by atoms with E-state index in [-0.39, 0.29) is 5.57 Å². The summed E-state index contributed by atoms with van der Waals surface area (Å²) in [6.07, 6.45) is 1.43. The number of ether oxygens (including phenoxy) is 1. The molecule has 0 heterocycles. The average molecular weight is 348 g/mol. The lowest BCUT2D eigenvalue weighted by atomic mass is 10.1. The minimum absolute atomic E-state index is 0.159. The van der Waals surface area contributed by atoms with Gasteiger partial charge in [0.2, 0.25) is 0 Å². The number of anilines is 1. The van der Waals surface area contributed by atoms with E-state index in [1.165, 1.54) is 6.08 Å². The molecule has 0 fully saturated rings. The highest BCUT2D eigenvalue weighted by Gasteiger charge is 2.13. The van der Waals surface area contributed by atoms with Gasteiger partial charge in [0.15, 0.2) is 6.61 Å². The minimum Gasteiger partial charge on any atom is -0.451 e. The molecule has 0 bridgehead atoms. The second-order valence-electron chi connectivity index (χ2n) is 6.08. The van der Waals surface area contributed by atoms with E-state index in [0.29, 0.717) is 11.3 Å². The SMILES string of the molecule is Cc1ccc(/C=C(\C#N)C(=O)OCC(=O)Nc2cc(C)cc(C)c2)cc1. The molecular formula is C21H20N2O3. The molecule has 5 nitrogen and oxygen atoms in total. The van der Waals surface area contributed by atoms with Crippen molar-refractivity contribution in [3.63, 3.8) is 0 Å². The first-order valence-corrected chi connectivity index (χ1v) is 8.11. The van der Waals surface area contributed by atoms with Crippen molar-refractivity contribution in [3.8, 4) is 6.07 Å². The highest BCUT2D eigenvalue weighted by Crippen LogP contribution is 2.14. The topological polar surface area (TPSA) is 79.2 Å². The Labute approximate surface area is 152 Å². The zero-order valence-corrected chi connectivity index (χ0v) is 15.0. The van der Waals surface area contributed by atoms with Gasteiger partial charge in [0.05, 0.1) is 0 Å². The molecule has 26 heavy (non-hydrogen) atoms. The first-order valence-electron chi connectivity index (χ1n) is 8.11. The fourth-order valence-electron chi connectivity index (χ4n) is 2.42. The van der Waals surface area contributed by atoms with Crippen LogP contribution >= 0.6 is 0 Å². The van der Waals surface area contributed by atoms with Crippen LogP contribution in [0.25, 0.3) is 6.08 Å². The van der Waals surface area contributed by atoms with Gasteiger partial charge in [-0.1, -0.05) is 35.9 Å². The molecule has 2 aromatic carbocycles. The number of nitriles is 1. The van der Waals surface area contributed by atoms with Crippen LogP contribution in [0, 0.1) is 32.1 Å². The molecule has 0 saturated heterocycles. The summed E-state index contributed by atoms with van der Waals surface area (Å²) in [5.74, 6) is -1.29. The van der Waals surface area contributed by atoms with Gasteiger partial charge < -0.3 is 10.1 Å². The number of esters is 1. The molecule has 1 N–H and O–H groups in total. The van der Waals surface area contributed by atoms with Crippen molar-refractivity contribution in [2.24, 2.45) is 0 Å². The van der Waals surface area contributed by atoms with Crippen LogP contribution in [-0.2, 0) is 14.3 Å². The molecular weight excluding hydrogens is 328 g/mol. The number of hydrogen-bond donors (Lipinski definition) is 1. The summed E-state index contributed by atoms with van der Waals surface area (Å²) < 4.78 is 4.94. The van der Waals surface area contributed by atoms with Crippen molar-refractivity contribution in [1.29, 1.82) is 5.26 Å². The van der Waals surface area contributed by atoms with E-state index < -0.39 is 18.5 Å². The third-order valence-corrected chi connectivity index (χ3v) is 3.57. The lowest BCUT2D eigenvalue weighted by Gasteiger charge is -2.08. The van der Waals surface area contributed by atoms with Crippen molar-refractivity contribution >= 4 is 23.6 Å². The second-order valence-corrected chi connectivity index (χ2v) is 6.08. The minimum atomic E-state index is -0.830. The van der Waals surface area contributed by atoms with Crippen molar-refractivity contribution in [3.05, 3.63) is 70.3 Å². The second kappa shape index (κ2) is 8.63. The Bertz CT molecular complexity index is 870. The number of carbonyl (C=O) groups is 2. The van der Waals surface area contributed by atoms with Gasteiger partial charge in [0, 0.05) is 5.69 Å². The summed E-state index contributed by atoms with van der Waals surface area (Å²) in [6.45, 7) is 5.34. The van der Waals surface area contributed by atoms with Crippen LogP contribution in [0.4, 0.5) is 5.69 Å². The predicted molar refractivity (Wildman–Crippen MR) is 100 cm³/mol. The van der Waals surface area contributed by atoms with Gasteiger partial charge in [0.25, 0.3) is 5.91 Å². The van der Waals surface area contributed by atoms with Crippen LogP contribution < -0.4 is 5.32 Å². The molecule has 0 spiro atoms. The lowest BCUT2D eigenvalue weighted by molar-refractivity contribution is -0.142. The van der Waals surface area contributed by atoms with Crippen LogP contribution in [0.5, 0.6) is 0 Å². The summed E-state index contributed by atoms with van der Waals surface area (Å²) in [6, 6.07) is 14.8. The molecule has 2 aromatic rings. The van der Waals surface area contributed by atoms with E-state index in [2.05, 4.69) is 5.32 Å². The third kappa shape index (κ3) is 5.60. The van der Waals surface area contributed by atoms with Crippen LogP contribution in [-0.4, -0.2) is 18.5 Å². The van der Waals surface area contributed by atoms with E-state index in [4.69, 9.17) is 10.00 Å². The maximum Gasteiger partial charge on any atom is 0.349 e. The van der Waals surface area contributed by atoms with Gasteiger partial charge in [0.1, 0.15) is 11.6 Å². The summed E-state index contributed by atoms with van der Waals surface area (Å²) >= 11 is 0. The van der Waals surface area contributed by atoms with Crippen LogP contribution in [0.2, 0.25) is 0 Å². The summed E-state index contributed by atoms with van der Waals surface area (Å²) in [7, 11) is 0. The number of amides is 1. The largest absolute Gasteiger partial charge is 0.451 e. The fourth-order valence-corrected chi connectivity index (χ4v) is 2.42. The number of nitrogens with one attached hydrogen (secondary N) is 1. The fraction of sp³-hybridized carbons (Fsp3) is 0.190. The lowest BCUT2D eigenvalue weighted by Crippen LogP contribution is -2.21. The summed E-state index contributed by atoms with van der Waals surface area (Å²) in [5, 5.41) is 11.8. The molecule has 0 radical (unpaired) electrons. The molecule has 1 amide bonds. The van der Waals surface area contributed by atoms with Gasteiger partial charge in [-0.05, 0) is 55.7 Å². The molecule has 0 aliphatic rings. The standard InChI is InChI=1S/C21H20N2O3/c1-14-4-6-17(7-5-14)11-18(12-22)21(25)26-13-20(24)23-19-9-15(2)8-16(3)10-19/h4-11H,13H2,1-3H3,(H,23,24)/b18-11+. The maximum absolute atomic E-state index is 12.0. The molecule has 0 atom stereocenters. The number of aryl methyl sites for hydroxylation is 3. The van der Waals surface area contributed by atoms with Gasteiger partial charge >= 0.3 is 5.97 Å². The number of rotatable bonds is 5. The smallest absolute Gasteiger partial charge is 0.349 e. The quantitative estimate of drug-likeness (QED) is 0.508. The normalized spacial score (nSPS) is 10.8. The maximum atomic E-state index is 12.0. The molecule has 2 rings (SSSR count). The monoisotopic (exact) mass is 348 g/mol. The highest BCUT2D eigenvalue weighted by molar-refractivity contribution is 6.00. The van der Waals surface area contributed by atoms with E-state index in [9.17, 15) is 9.59 Å². The van der Waals surface area contributed by atoms with E-state index >= 15 is 0 Å². The van der Waals surface area contributed by atoms with Crippen LogP contribution in [0.15, 0.2) is 48.0 Å². The Morgan fingerprint density at radius 3 is 2.23 bits per heavy atom. The van der Waals surface area contributed by atoms with Crippen molar-refractivity contribution in [1.82, 2.24) is 0 Å². The zero-order valence-electron chi connectivity index (χ0n) is 15.0. The van der Waals surface area contributed by atoms with E-state index in [1.54, 1.807) is 12.1 Å². The first-order chi connectivity index (χ1) is 12.4. The molecule has 0 unspecified atom stereocenters. The zero-order chi connectivity index (χ0) is 19.1. The Hall–Kier alpha value is -3.39. The average Bonchev–Trinajstić information content (AvgIpc) is 2.58. The van der Waals surface area contributed by atoms with Crippen LogP contribution in [0.1, 0.15) is 22.3 Å². The number of benzene rings is 2. The molecule has 5 heteroatoms. The molecule has 0 saturated carbocycles. The Morgan fingerprint density at radius 1 is 1.04 bits per heavy atom. The van der Waals surface area contributed by atoms with Gasteiger partial charge in [-0.2, -0.15) is 5.26 Å². The Morgan fingerprint density at radius 2 is 1.65 bits per heavy atom. The van der Waals surface area contributed by atoms with Crippen LogP contribution in [0.3, 0.4) is 0 Å². The molecule has 0 aliphatic carbocycles. The summed E-state index contributed by atoms with van der Waals surface area (Å²) in [4.78, 5) is 24.0. The number of hydrogen-bond acceptors (Lipinski definition) is 4. The predicted octanol–water partition coefficient (Wildman–Crippen LogP) is 3.70. The third-order valence-electron chi connectivity index (χ3n) is 3.57. The first kappa shape index (κ1) is 18.9. The Balaban J connectivity index is 1.96. The van der Waals surface area contributed by atoms with Crippen molar-refractivity contribution < 1.29 is 14.3 Å². The Kier molecular flexibility index (Phi) is 6.29. The number of nitrogens with zero attached hydrogens (tertiary/aromatic N) is 1. The van der Waals surface area contributed by atoms with E-state index in [1.807, 2.05) is 57.2 Å². The van der Waals surface area contributed by atoms with Gasteiger partial charge in [-0.3, -0.25) is 4.79 Å². The highest BCUT2D eigenvalue weighted by atomic mass is 16.5. The number of carbonyl (C=O) groups excluding carboxylic acids is 2. The van der Waals surface area contributed by atoms with Gasteiger partial charge in [-0.25, -0.2) is 4.79 Å². The molecule has 132 valence electrons. The van der Waals surface area contributed by atoms with E-state index in [0.717, 1.165) is 16.7 Å². The van der Waals surface area contributed by atoms with Crippen molar-refractivity contribution in [2.45, 2.75) is 20.8 Å².